The van der Waals surface area contributed by atoms with E-state index < -0.39 is 0 Å². The summed E-state index contributed by atoms with van der Waals surface area (Å²) in [5, 5.41) is 15.8. The molecule has 0 saturated carbocycles. The zero-order valence-electron chi connectivity index (χ0n) is 10.7. The first-order valence-electron chi connectivity index (χ1n) is 6.35. The Morgan fingerprint density at radius 3 is 2.45 bits per heavy atom. The van der Waals surface area contributed by atoms with E-state index in [9.17, 15) is 5.26 Å². The number of nitriles is 1. The summed E-state index contributed by atoms with van der Waals surface area (Å²) in [5.74, 6) is 0. The first-order valence-corrected chi connectivity index (χ1v) is 7.14. The number of nitrogens with zero attached hydrogens (tertiary/aromatic N) is 3. The molecule has 1 aliphatic rings. The fourth-order valence-corrected chi connectivity index (χ4v) is 2.51. The third kappa shape index (κ3) is 2.45. The van der Waals surface area contributed by atoms with Crippen molar-refractivity contribution in [1.29, 1.82) is 5.26 Å². The number of benzene rings is 2. The molecule has 4 heteroatoms. The van der Waals surface area contributed by atoms with Crippen molar-refractivity contribution < 1.29 is 0 Å². The molecule has 0 N–H and O–H groups in total. The van der Waals surface area contributed by atoms with Crippen LogP contribution in [0.5, 0.6) is 0 Å². The summed E-state index contributed by atoms with van der Waals surface area (Å²) in [4.78, 5) is 0. The van der Waals surface area contributed by atoms with Crippen LogP contribution in [0, 0.1) is 11.3 Å². The van der Waals surface area contributed by atoms with E-state index in [-0.39, 0.29) is 6.04 Å². The maximum Gasteiger partial charge on any atom is 0.144 e. The minimum Gasteiger partial charge on any atom is -0.248 e. The van der Waals surface area contributed by atoms with Crippen molar-refractivity contribution in [1.82, 2.24) is 0 Å². The van der Waals surface area contributed by atoms with E-state index >= 15 is 0 Å². The van der Waals surface area contributed by atoms with Crippen molar-refractivity contribution in [2.75, 3.05) is 5.01 Å². The highest BCUT2D eigenvalue weighted by molar-refractivity contribution is 9.10. The SMILES string of the molecule is N#CC1CC(c2ccccc2)=NN1c1ccc(Br)cc1. The quantitative estimate of drug-likeness (QED) is 0.838. The van der Waals surface area contributed by atoms with Crippen LogP contribution in [0.4, 0.5) is 5.69 Å². The van der Waals surface area contributed by atoms with Gasteiger partial charge in [-0.2, -0.15) is 10.4 Å². The average Bonchev–Trinajstić information content (AvgIpc) is 2.93. The maximum atomic E-state index is 9.34. The van der Waals surface area contributed by atoms with Gasteiger partial charge in [0.15, 0.2) is 0 Å². The van der Waals surface area contributed by atoms with Crippen LogP contribution in [0.25, 0.3) is 0 Å². The Kier molecular flexibility index (Phi) is 3.53. The summed E-state index contributed by atoms with van der Waals surface area (Å²) >= 11 is 3.42. The summed E-state index contributed by atoms with van der Waals surface area (Å²) < 4.78 is 1.02. The molecule has 0 bridgehead atoms. The summed E-state index contributed by atoms with van der Waals surface area (Å²) in [6.45, 7) is 0. The lowest BCUT2D eigenvalue weighted by Gasteiger charge is -2.17. The van der Waals surface area contributed by atoms with Gasteiger partial charge < -0.3 is 0 Å². The van der Waals surface area contributed by atoms with Gasteiger partial charge >= 0.3 is 0 Å². The molecule has 1 atom stereocenters. The number of anilines is 1. The van der Waals surface area contributed by atoms with E-state index in [1.54, 1.807) is 5.01 Å². The molecule has 2 aromatic carbocycles. The van der Waals surface area contributed by atoms with Gasteiger partial charge in [0.25, 0.3) is 0 Å². The van der Waals surface area contributed by atoms with Crippen LogP contribution in [0.2, 0.25) is 0 Å². The molecule has 3 nitrogen and oxygen atoms in total. The first kappa shape index (κ1) is 12.9. The molecule has 0 aromatic heterocycles. The summed E-state index contributed by atoms with van der Waals surface area (Å²) in [6, 6.07) is 19.9. The number of rotatable bonds is 2. The molecule has 0 fully saturated rings. The number of hydrazone groups is 1. The summed E-state index contributed by atoms with van der Waals surface area (Å²) in [6.07, 6.45) is 0.649. The third-order valence-electron chi connectivity index (χ3n) is 3.26. The molecular weight excluding hydrogens is 314 g/mol. The Balaban J connectivity index is 1.95. The number of halogens is 1. The van der Waals surface area contributed by atoms with E-state index in [4.69, 9.17) is 0 Å². The van der Waals surface area contributed by atoms with E-state index in [1.165, 1.54) is 0 Å². The monoisotopic (exact) mass is 325 g/mol. The van der Waals surface area contributed by atoms with Gasteiger partial charge in [-0.15, -0.1) is 0 Å². The molecule has 0 amide bonds. The van der Waals surface area contributed by atoms with E-state index in [1.807, 2.05) is 54.6 Å². The van der Waals surface area contributed by atoms with Crippen molar-refractivity contribution in [2.45, 2.75) is 12.5 Å². The minimum absolute atomic E-state index is 0.244. The predicted molar refractivity (Wildman–Crippen MR) is 83.6 cm³/mol. The van der Waals surface area contributed by atoms with Gasteiger partial charge in [-0.3, -0.25) is 0 Å². The molecule has 0 radical (unpaired) electrons. The van der Waals surface area contributed by atoms with Crippen LogP contribution in [-0.2, 0) is 0 Å². The molecule has 98 valence electrons. The lowest BCUT2D eigenvalue weighted by Crippen LogP contribution is -2.24. The van der Waals surface area contributed by atoms with Gasteiger partial charge in [0.2, 0.25) is 0 Å². The summed E-state index contributed by atoms with van der Waals surface area (Å²) in [5.41, 5.74) is 2.97. The standard InChI is InChI=1S/C16H12BrN3/c17-13-6-8-14(9-7-13)20-15(11-18)10-16(19-20)12-4-2-1-3-5-12/h1-9,15H,10H2. The van der Waals surface area contributed by atoms with Crippen LogP contribution in [0.3, 0.4) is 0 Å². The van der Waals surface area contributed by atoms with Crippen molar-refractivity contribution >= 4 is 27.3 Å². The molecule has 1 unspecified atom stereocenters. The van der Waals surface area contributed by atoms with Gasteiger partial charge in [0.05, 0.1) is 17.5 Å². The fraction of sp³-hybridized carbons (Fsp3) is 0.125. The molecule has 20 heavy (non-hydrogen) atoms. The smallest absolute Gasteiger partial charge is 0.144 e. The van der Waals surface area contributed by atoms with Gasteiger partial charge in [0.1, 0.15) is 6.04 Å². The second-order valence-electron chi connectivity index (χ2n) is 4.58. The maximum absolute atomic E-state index is 9.34. The van der Waals surface area contributed by atoms with E-state index in [0.29, 0.717) is 6.42 Å². The van der Waals surface area contributed by atoms with Crippen molar-refractivity contribution in [2.24, 2.45) is 5.10 Å². The summed E-state index contributed by atoms with van der Waals surface area (Å²) in [7, 11) is 0. The van der Waals surface area contributed by atoms with Crippen molar-refractivity contribution in [3.05, 3.63) is 64.6 Å². The van der Waals surface area contributed by atoms with Crippen LogP contribution >= 0.6 is 15.9 Å². The Morgan fingerprint density at radius 1 is 1.10 bits per heavy atom. The largest absolute Gasteiger partial charge is 0.248 e. The molecule has 0 aliphatic carbocycles. The van der Waals surface area contributed by atoms with Crippen LogP contribution in [0.1, 0.15) is 12.0 Å². The minimum atomic E-state index is -0.244. The highest BCUT2D eigenvalue weighted by Crippen LogP contribution is 2.27. The Morgan fingerprint density at radius 2 is 1.80 bits per heavy atom. The molecular formula is C16H12BrN3. The molecule has 1 aliphatic heterocycles. The highest BCUT2D eigenvalue weighted by Gasteiger charge is 2.28. The Labute approximate surface area is 126 Å². The van der Waals surface area contributed by atoms with Crippen molar-refractivity contribution in [3.63, 3.8) is 0 Å². The Bertz CT molecular complexity index is 671. The second kappa shape index (κ2) is 5.48. The number of hydrogen-bond donors (Lipinski definition) is 0. The third-order valence-corrected chi connectivity index (χ3v) is 3.79. The second-order valence-corrected chi connectivity index (χ2v) is 5.50. The van der Waals surface area contributed by atoms with Gasteiger partial charge in [-0.1, -0.05) is 46.3 Å². The zero-order chi connectivity index (χ0) is 13.9. The highest BCUT2D eigenvalue weighted by atomic mass is 79.9. The van der Waals surface area contributed by atoms with Crippen LogP contribution < -0.4 is 5.01 Å². The van der Waals surface area contributed by atoms with Gasteiger partial charge in [0, 0.05) is 10.9 Å². The lowest BCUT2D eigenvalue weighted by atomic mass is 10.0. The molecule has 3 rings (SSSR count). The predicted octanol–water partition coefficient (Wildman–Crippen LogP) is 3.96. The average molecular weight is 326 g/mol. The molecule has 0 saturated heterocycles. The van der Waals surface area contributed by atoms with E-state index in [0.717, 1.165) is 21.4 Å². The lowest BCUT2D eigenvalue weighted by molar-refractivity contribution is 0.799. The van der Waals surface area contributed by atoms with Gasteiger partial charge in [-0.25, -0.2) is 5.01 Å². The molecule has 0 spiro atoms. The Hall–Kier alpha value is -2.12. The van der Waals surface area contributed by atoms with Crippen molar-refractivity contribution in [3.8, 4) is 6.07 Å². The molecule has 1 heterocycles. The topological polar surface area (TPSA) is 39.4 Å². The van der Waals surface area contributed by atoms with Crippen LogP contribution in [-0.4, -0.2) is 11.8 Å². The number of hydrogen-bond acceptors (Lipinski definition) is 3. The fourth-order valence-electron chi connectivity index (χ4n) is 2.25. The normalized spacial score (nSPS) is 17.7. The van der Waals surface area contributed by atoms with Gasteiger partial charge in [-0.05, 0) is 29.8 Å². The first-order chi connectivity index (χ1) is 9.78. The van der Waals surface area contributed by atoms with Crippen LogP contribution in [0.15, 0.2) is 64.2 Å². The zero-order valence-corrected chi connectivity index (χ0v) is 12.3. The van der Waals surface area contributed by atoms with E-state index in [2.05, 4.69) is 27.1 Å². The molecule has 2 aromatic rings.